The van der Waals surface area contributed by atoms with Crippen LogP contribution in [0.2, 0.25) is 0 Å². The van der Waals surface area contributed by atoms with Crippen molar-refractivity contribution in [3.05, 3.63) is 53.0 Å². The number of hydrogen-bond donors (Lipinski definition) is 0. The van der Waals surface area contributed by atoms with Crippen LogP contribution in [0.1, 0.15) is 16.1 Å². The molecule has 0 aliphatic rings. The lowest BCUT2D eigenvalue weighted by Gasteiger charge is -2.11. The molecule has 0 bridgehead atoms. The molecule has 3 aromatic rings. The Morgan fingerprint density at radius 2 is 2.08 bits per heavy atom. The molecule has 0 fully saturated rings. The van der Waals surface area contributed by atoms with Gasteiger partial charge in [0.25, 0.3) is 0 Å². The van der Waals surface area contributed by atoms with E-state index >= 15 is 0 Å². The zero-order valence-electron chi connectivity index (χ0n) is 13.1. The predicted octanol–water partition coefficient (Wildman–Crippen LogP) is 3.78. The van der Waals surface area contributed by atoms with Crippen molar-refractivity contribution in [1.29, 1.82) is 0 Å². The van der Waals surface area contributed by atoms with Crippen molar-refractivity contribution < 1.29 is 23.5 Å². The molecule has 6 nitrogen and oxygen atoms in total. The summed E-state index contributed by atoms with van der Waals surface area (Å²) in [5, 5.41) is 5.86. The average Bonchev–Trinajstić information content (AvgIpc) is 3.29. The van der Waals surface area contributed by atoms with Crippen LogP contribution in [0.3, 0.4) is 0 Å². The molecule has 2 aromatic heterocycles. The summed E-state index contributed by atoms with van der Waals surface area (Å²) in [6.45, 7) is 0.00801. The van der Waals surface area contributed by atoms with Crippen LogP contribution >= 0.6 is 11.3 Å². The first-order valence-corrected chi connectivity index (χ1v) is 7.98. The third-order valence-corrected chi connectivity index (χ3v) is 4.18. The minimum absolute atomic E-state index is 0.00801. The summed E-state index contributed by atoms with van der Waals surface area (Å²) in [7, 11) is 2.98. The maximum Gasteiger partial charge on any atom is 0.342 e. The Kier molecular flexibility index (Phi) is 4.81. The van der Waals surface area contributed by atoms with Crippen molar-refractivity contribution in [3.8, 4) is 22.1 Å². The summed E-state index contributed by atoms with van der Waals surface area (Å²) in [4.78, 5) is 13.3. The molecular formula is C17H15NO5S. The number of esters is 1. The fourth-order valence-corrected chi connectivity index (χ4v) is 2.85. The van der Waals surface area contributed by atoms with Gasteiger partial charge in [0.2, 0.25) is 0 Å². The van der Waals surface area contributed by atoms with Crippen LogP contribution in [-0.4, -0.2) is 25.3 Å². The Balaban J connectivity index is 1.70. The van der Waals surface area contributed by atoms with Gasteiger partial charge in [-0.15, -0.1) is 11.3 Å². The van der Waals surface area contributed by atoms with Crippen molar-refractivity contribution in [2.75, 3.05) is 14.2 Å². The molecule has 0 N–H and O–H groups in total. The molecule has 24 heavy (non-hydrogen) atoms. The van der Waals surface area contributed by atoms with E-state index < -0.39 is 5.97 Å². The lowest BCUT2D eigenvalue weighted by atomic mass is 10.2. The second-order valence-electron chi connectivity index (χ2n) is 4.78. The number of para-hydroxylation sites is 1. The lowest BCUT2D eigenvalue weighted by molar-refractivity contribution is 0.0460. The van der Waals surface area contributed by atoms with Gasteiger partial charge >= 0.3 is 5.97 Å². The molecule has 0 saturated heterocycles. The van der Waals surface area contributed by atoms with E-state index in [2.05, 4.69) is 5.16 Å². The minimum Gasteiger partial charge on any atom is -0.493 e. The van der Waals surface area contributed by atoms with Crippen molar-refractivity contribution >= 4 is 17.3 Å². The van der Waals surface area contributed by atoms with E-state index in [1.54, 1.807) is 35.6 Å². The Morgan fingerprint density at radius 1 is 1.21 bits per heavy atom. The molecule has 0 radical (unpaired) electrons. The number of thiophene rings is 1. The smallest absolute Gasteiger partial charge is 0.342 e. The van der Waals surface area contributed by atoms with Gasteiger partial charge in [-0.25, -0.2) is 4.79 Å². The van der Waals surface area contributed by atoms with Crippen LogP contribution in [0.5, 0.6) is 11.5 Å². The van der Waals surface area contributed by atoms with Gasteiger partial charge in [-0.3, -0.25) is 0 Å². The topological polar surface area (TPSA) is 70.8 Å². The minimum atomic E-state index is -0.522. The fraction of sp³-hybridized carbons (Fsp3) is 0.176. The van der Waals surface area contributed by atoms with Crippen molar-refractivity contribution in [2.45, 2.75) is 6.61 Å². The third kappa shape index (κ3) is 3.26. The second kappa shape index (κ2) is 7.18. The Morgan fingerprint density at radius 3 is 2.79 bits per heavy atom. The van der Waals surface area contributed by atoms with Gasteiger partial charge in [-0.05, 0) is 23.6 Å². The highest BCUT2D eigenvalue weighted by Crippen LogP contribution is 2.31. The number of methoxy groups -OCH3 is 2. The van der Waals surface area contributed by atoms with Gasteiger partial charge in [0.05, 0.1) is 19.1 Å². The standard InChI is InChI=1S/C17H15NO5S/c1-20-13-6-3-5-12(16(13)21-2)17(19)22-10-11-9-14(23-18-11)15-7-4-8-24-15/h3-9H,10H2,1-2H3. The molecule has 2 heterocycles. The highest BCUT2D eigenvalue weighted by molar-refractivity contribution is 7.13. The Bertz CT molecular complexity index is 825. The number of ether oxygens (including phenoxy) is 3. The summed E-state index contributed by atoms with van der Waals surface area (Å²) in [6, 6.07) is 10.6. The molecule has 124 valence electrons. The Hall–Kier alpha value is -2.80. The highest BCUT2D eigenvalue weighted by Gasteiger charge is 2.18. The molecule has 3 rings (SSSR count). The van der Waals surface area contributed by atoms with E-state index in [4.69, 9.17) is 18.7 Å². The van der Waals surface area contributed by atoms with Gasteiger partial charge in [-0.1, -0.05) is 17.3 Å². The van der Waals surface area contributed by atoms with Crippen LogP contribution in [0.25, 0.3) is 10.6 Å². The summed E-state index contributed by atoms with van der Waals surface area (Å²) in [6.07, 6.45) is 0. The highest BCUT2D eigenvalue weighted by atomic mass is 32.1. The molecule has 7 heteroatoms. The van der Waals surface area contributed by atoms with Crippen molar-refractivity contribution in [2.24, 2.45) is 0 Å². The van der Waals surface area contributed by atoms with Crippen LogP contribution < -0.4 is 9.47 Å². The zero-order valence-corrected chi connectivity index (χ0v) is 14.0. The molecule has 0 aliphatic heterocycles. The average molecular weight is 345 g/mol. The van der Waals surface area contributed by atoms with E-state index in [0.29, 0.717) is 28.5 Å². The van der Waals surface area contributed by atoms with Crippen LogP contribution in [-0.2, 0) is 11.3 Å². The first-order chi connectivity index (χ1) is 11.7. The third-order valence-electron chi connectivity index (χ3n) is 3.30. The maximum absolute atomic E-state index is 12.3. The first kappa shape index (κ1) is 16.1. The quantitative estimate of drug-likeness (QED) is 0.633. The first-order valence-electron chi connectivity index (χ1n) is 7.10. The van der Waals surface area contributed by atoms with E-state index in [0.717, 1.165) is 4.88 Å². The number of nitrogens with zero attached hydrogens (tertiary/aromatic N) is 1. The molecule has 0 amide bonds. The van der Waals surface area contributed by atoms with Gasteiger partial charge in [0.15, 0.2) is 17.3 Å². The second-order valence-corrected chi connectivity index (χ2v) is 5.72. The number of rotatable bonds is 6. The molecule has 0 spiro atoms. The van der Waals surface area contributed by atoms with E-state index in [-0.39, 0.29) is 6.61 Å². The molecule has 0 saturated carbocycles. The molecular weight excluding hydrogens is 330 g/mol. The van der Waals surface area contributed by atoms with Gasteiger partial charge < -0.3 is 18.7 Å². The van der Waals surface area contributed by atoms with Gasteiger partial charge in [0.1, 0.15) is 17.9 Å². The van der Waals surface area contributed by atoms with E-state index in [1.165, 1.54) is 14.2 Å². The number of carbonyl (C=O) groups is 1. The van der Waals surface area contributed by atoms with Gasteiger partial charge in [0, 0.05) is 6.07 Å². The van der Waals surface area contributed by atoms with E-state index in [1.807, 2.05) is 17.5 Å². The normalized spacial score (nSPS) is 10.4. The maximum atomic E-state index is 12.3. The molecule has 1 aromatic carbocycles. The number of hydrogen-bond acceptors (Lipinski definition) is 7. The van der Waals surface area contributed by atoms with Crippen LogP contribution in [0.4, 0.5) is 0 Å². The number of benzene rings is 1. The molecule has 0 aliphatic carbocycles. The summed E-state index contributed by atoms with van der Waals surface area (Å²) in [5.41, 5.74) is 0.826. The predicted molar refractivity (Wildman–Crippen MR) is 88.5 cm³/mol. The largest absolute Gasteiger partial charge is 0.493 e. The molecule has 0 atom stereocenters. The summed E-state index contributed by atoms with van der Waals surface area (Å²) < 4.78 is 21.0. The van der Waals surface area contributed by atoms with Crippen LogP contribution in [0, 0.1) is 0 Å². The Labute approximate surface area is 142 Å². The zero-order chi connectivity index (χ0) is 16.9. The summed E-state index contributed by atoms with van der Waals surface area (Å²) in [5.74, 6) is 0.930. The number of aromatic nitrogens is 1. The van der Waals surface area contributed by atoms with Crippen LogP contribution in [0.15, 0.2) is 46.3 Å². The SMILES string of the molecule is COc1cccc(C(=O)OCc2cc(-c3cccs3)on2)c1OC. The van der Waals surface area contributed by atoms with E-state index in [9.17, 15) is 4.79 Å². The van der Waals surface area contributed by atoms with Crippen molar-refractivity contribution in [3.63, 3.8) is 0 Å². The fourth-order valence-electron chi connectivity index (χ4n) is 2.18. The van der Waals surface area contributed by atoms with Gasteiger partial charge in [-0.2, -0.15) is 0 Å². The molecule has 0 unspecified atom stereocenters. The monoisotopic (exact) mass is 345 g/mol. The summed E-state index contributed by atoms with van der Waals surface area (Å²) >= 11 is 1.55. The lowest BCUT2D eigenvalue weighted by Crippen LogP contribution is -2.08. The van der Waals surface area contributed by atoms with Crippen molar-refractivity contribution in [1.82, 2.24) is 5.16 Å². The number of carbonyl (C=O) groups excluding carboxylic acids is 1.